The maximum Gasteiger partial charge on any atom is 0.146 e. The van der Waals surface area contributed by atoms with Crippen LogP contribution in [0.25, 0.3) is 0 Å². The minimum absolute atomic E-state index is 0.146. The van der Waals surface area contributed by atoms with Crippen LogP contribution in [-0.4, -0.2) is 6.10 Å². The highest BCUT2D eigenvalue weighted by Crippen LogP contribution is 2.28. The second-order valence-corrected chi connectivity index (χ2v) is 3.00. The molecular weight excluding hydrogens is 157 g/mol. The number of rotatable bonds is 2. The molecule has 0 atom stereocenters. The van der Waals surface area contributed by atoms with Crippen molar-refractivity contribution < 1.29 is 9.13 Å². The Morgan fingerprint density at radius 1 is 1.42 bits per heavy atom. The number of halogens is 1. The van der Waals surface area contributed by atoms with E-state index in [0.717, 1.165) is 12.8 Å². The smallest absolute Gasteiger partial charge is 0.146 e. The second-order valence-electron chi connectivity index (χ2n) is 3.00. The molecule has 1 saturated carbocycles. The lowest BCUT2D eigenvalue weighted by Gasteiger charge is -2.04. The third-order valence-corrected chi connectivity index (χ3v) is 1.79. The zero-order valence-corrected chi connectivity index (χ0v) is 6.59. The molecule has 0 unspecified atom stereocenters. The van der Waals surface area contributed by atoms with Gasteiger partial charge in [-0.1, -0.05) is 0 Å². The molecule has 2 N–H and O–H groups in total. The normalized spacial score (nSPS) is 16.1. The first-order valence-electron chi connectivity index (χ1n) is 3.97. The van der Waals surface area contributed by atoms with Gasteiger partial charge in [0, 0.05) is 6.07 Å². The predicted octanol–water partition coefficient (Wildman–Crippen LogP) is 1.95. The Labute approximate surface area is 70.1 Å². The Morgan fingerprint density at radius 3 is 2.75 bits per heavy atom. The van der Waals surface area contributed by atoms with Gasteiger partial charge in [0.1, 0.15) is 11.6 Å². The highest BCUT2D eigenvalue weighted by Gasteiger charge is 2.23. The first-order valence-corrected chi connectivity index (χ1v) is 3.97. The average molecular weight is 167 g/mol. The molecule has 0 bridgehead atoms. The van der Waals surface area contributed by atoms with Gasteiger partial charge in [-0.2, -0.15) is 0 Å². The van der Waals surface area contributed by atoms with Gasteiger partial charge in [-0.05, 0) is 25.0 Å². The molecule has 0 spiro atoms. The predicted molar refractivity (Wildman–Crippen MR) is 44.5 cm³/mol. The number of hydrogen-bond donors (Lipinski definition) is 1. The lowest BCUT2D eigenvalue weighted by molar-refractivity contribution is 0.303. The van der Waals surface area contributed by atoms with E-state index in [-0.39, 0.29) is 5.69 Å². The monoisotopic (exact) mass is 167 g/mol. The van der Waals surface area contributed by atoms with Gasteiger partial charge in [0.15, 0.2) is 0 Å². The van der Waals surface area contributed by atoms with Gasteiger partial charge < -0.3 is 10.5 Å². The van der Waals surface area contributed by atoms with E-state index < -0.39 is 5.82 Å². The van der Waals surface area contributed by atoms with E-state index in [9.17, 15) is 4.39 Å². The van der Waals surface area contributed by atoms with Crippen LogP contribution < -0.4 is 10.5 Å². The number of benzene rings is 1. The van der Waals surface area contributed by atoms with Gasteiger partial charge in [0.25, 0.3) is 0 Å². The largest absolute Gasteiger partial charge is 0.490 e. The van der Waals surface area contributed by atoms with Crippen LogP contribution >= 0.6 is 0 Å². The Kier molecular flexibility index (Phi) is 1.64. The Bertz CT molecular complexity index is 297. The highest BCUT2D eigenvalue weighted by molar-refractivity contribution is 5.45. The molecule has 0 aromatic heterocycles. The van der Waals surface area contributed by atoms with E-state index in [1.165, 1.54) is 12.1 Å². The number of hydrogen-bond acceptors (Lipinski definition) is 2. The molecule has 1 aromatic carbocycles. The van der Waals surface area contributed by atoms with Crippen molar-refractivity contribution in [2.24, 2.45) is 0 Å². The quantitative estimate of drug-likeness (QED) is 0.683. The standard InChI is InChI=1S/C9H10FNO/c10-8-4-3-7(5-9(8)11)12-6-1-2-6/h3-6H,1-2,11H2. The molecule has 1 aromatic rings. The molecule has 1 aliphatic rings. The summed E-state index contributed by atoms with van der Waals surface area (Å²) in [7, 11) is 0. The zero-order valence-electron chi connectivity index (χ0n) is 6.59. The first kappa shape index (κ1) is 7.40. The summed E-state index contributed by atoms with van der Waals surface area (Å²) < 4.78 is 18.1. The molecule has 0 radical (unpaired) electrons. The van der Waals surface area contributed by atoms with Crippen molar-refractivity contribution in [1.82, 2.24) is 0 Å². The van der Waals surface area contributed by atoms with Crippen molar-refractivity contribution in [3.8, 4) is 5.75 Å². The lowest BCUT2D eigenvalue weighted by atomic mass is 10.3. The molecule has 0 heterocycles. The van der Waals surface area contributed by atoms with Crippen LogP contribution in [0.5, 0.6) is 5.75 Å². The van der Waals surface area contributed by atoms with Crippen molar-refractivity contribution in [2.75, 3.05) is 5.73 Å². The summed E-state index contributed by atoms with van der Waals surface area (Å²) in [5, 5.41) is 0. The van der Waals surface area contributed by atoms with Crippen LogP contribution in [0.4, 0.5) is 10.1 Å². The van der Waals surface area contributed by atoms with E-state index in [2.05, 4.69) is 0 Å². The van der Waals surface area contributed by atoms with E-state index in [1.54, 1.807) is 6.07 Å². The van der Waals surface area contributed by atoms with E-state index in [1.807, 2.05) is 0 Å². The Balaban J connectivity index is 2.15. The third kappa shape index (κ3) is 1.49. The van der Waals surface area contributed by atoms with Gasteiger partial charge in [0.05, 0.1) is 11.8 Å². The van der Waals surface area contributed by atoms with Crippen LogP contribution in [0.15, 0.2) is 18.2 Å². The van der Waals surface area contributed by atoms with Crippen molar-refractivity contribution in [3.05, 3.63) is 24.0 Å². The number of ether oxygens (including phenoxy) is 1. The van der Waals surface area contributed by atoms with Crippen LogP contribution in [0.1, 0.15) is 12.8 Å². The maximum absolute atomic E-state index is 12.7. The molecule has 64 valence electrons. The van der Waals surface area contributed by atoms with Gasteiger partial charge in [-0.25, -0.2) is 4.39 Å². The van der Waals surface area contributed by atoms with Gasteiger partial charge in [-0.3, -0.25) is 0 Å². The fourth-order valence-corrected chi connectivity index (χ4v) is 0.973. The molecule has 2 rings (SSSR count). The summed E-state index contributed by atoms with van der Waals surface area (Å²) in [5.41, 5.74) is 5.51. The number of nitrogens with two attached hydrogens (primary N) is 1. The molecule has 1 fully saturated rings. The van der Waals surface area contributed by atoms with Gasteiger partial charge in [-0.15, -0.1) is 0 Å². The van der Waals surface area contributed by atoms with Crippen molar-refractivity contribution in [1.29, 1.82) is 0 Å². The fraction of sp³-hybridized carbons (Fsp3) is 0.333. The summed E-state index contributed by atoms with van der Waals surface area (Å²) in [6, 6.07) is 4.45. The van der Waals surface area contributed by atoms with Crippen molar-refractivity contribution in [3.63, 3.8) is 0 Å². The summed E-state index contributed by atoms with van der Waals surface area (Å²) >= 11 is 0. The lowest BCUT2D eigenvalue weighted by Crippen LogP contribution is -1.97. The van der Waals surface area contributed by atoms with E-state index in [0.29, 0.717) is 11.9 Å². The third-order valence-electron chi connectivity index (χ3n) is 1.79. The molecule has 3 heteroatoms. The highest BCUT2D eigenvalue weighted by atomic mass is 19.1. The minimum Gasteiger partial charge on any atom is -0.490 e. The van der Waals surface area contributed by atoms with E-state index in [4.69, 9.17) is 10.5 Å². The van der Waals surface area contributed by atoms with Crippen LogP contribution in [0.3, 0.4) is 0 Å². The first-order chi connectivity index (χ1) is 5.75. The average Bonchev–Trinajstić information content (AvgIpc) is 2.81. The van der Waals surface area contributed by atoms with Gasteiger partial charge in [0.2, 0.25) is 0 Å². The molecular formula is C9H10FNO. The summed E-state index contributed by atoms with van der Waals surface area (Å²) in [6.45, 7) is 0. The SMILES string of the molecule is Nc1cc(OC2CC2)ccc1F. The van der Waals surface area contributed by atoms with Crippen LogP contribution in [0.2, 0.25) is 0 Å². The summed E-state index contributed by atoms with van der Waals surface area (Å²) in [6.07, 6.45) is 2.52. The Morgan fingerprint density at radius 2 is 2.17 bits per heavy atom. The Hall–Kier alpha value is -1.25. The van der Waals surface area contributed by atoms with Crippen molar-refractivity contribution >= 4 is 5.69 Å². The number of nitrogen functional groups attached to an aromatic ring is 1. The molecule has 0 aliphatic heterocycles. The van der Waals surface area contributed by atoms with Crippen LogP contribution in [-0.2, 0) is 0 Å². The molecule has 1 aliphatic carbocycles. The molecule has 0 amide bonds. The molecule has 0 saturated heterocycles. The maximum atomic E-state index is 12.7. The second kappa shape index (κ2) is 2.66. The molecule has 12 heavy (non-hydrogen) atoms. The molecule has 2 nitrogen and oxygen atoms in total. The topological polar surface area (TPSA) is 35.2 Å². The fourth-order valence-electron chi connectivity index (χ4n) is 0.973. The summed E-state index contributed by atoms with van der Waals surface area (Å²) in [4.78, 5) is 0. The van der Waals surface area contributed by atoms with Gasteiger partial charge >= 0.3 is 0 Å². The van der Waals surface area contributed by atoms with Crippen LogP contribution in [0, 0.1) is 5.82 Å². The minimum atomic E-state index is -0.391. The number of anilines is 1. The van der Waals surface area contributed by atoms with E-state index >= 15 is 0 Å². The summed E-state index contributed by atoms with van der Waals surface area (Å²) in [5.74, 6) is 0.273. The zero-order chi connectivity index (χ0) is 8.55. The van der Waals surface area contributed by atoms with Crippen molar-refractivity contribution in [2.45, 2.75) is 18.9 Å².